The standard InChI is InChI=1S/C14H15FN2O3/c1-2-20-14(19)12-13(15)16-9-17(12)11(8-18)10-6-4-3-5-7-10/h3-7,9,11,18H,2,8H2,1H3. The Bertz CT molecular complexity index is 583. The largest absolute Gasteiger partial charge is 0.461 e. The molecule has 0 aliphatic carbocycles. The van der Waals surface area contributed by atoms with E-state index in [-0.39, 0.29) is 18.9 Å². The first-order valence-electron chi connectivity index (χ1n) is 6.24. The molecule has 1 aromatic carbocycles. The second-order valence-corrected chi connectivity index (χ2v) is 4.12. The van der Waals surface area contributed by atoms with Crippen molar-refractivity contribution in [2.45, 2.75) is 13.0 Å². The van der Waals surface area contributed by atoms with Crippen LogP contribution in [0.4, 0.5) is 4.39 Å². The predicted molar refractivity (Wildman–Crippen MR) is 69.8 cm³/mol. The molecule has 1 unspecified atom stereocenters. The Morgan fingerprint density at radius 1 is 1.45 bits per heavy atom. The summed E-state index contributed by atoms with van der Waals surface area (Å²) in [4.78, 5) is 15.3. The van der Waals surface area contributed by atoms with Crippen LogP contribution in [0.5, 0.6) is 0 Å². The lowest BCUT2D eigenvalue weighted by Gasteiger charge is -2.18. The number of ether oxygens (including phenoxy) is 1. The normalized spacial score (nSPS) is 12.2. The highest BCUT2D eigenvalue weighted by Crippen LogP contribution is 2.21. The van der Waals surface area contributed by atoms with Gasteiger partial charge in [0.05, 0.1) is 25.6 Å². The van der Waals surface area contributed by atoms with Gasteiger partial charge in [0, 0.05) is 0 Å². The van der Waals surface area contributed by atoms with Gasteiger partial charge >= 0.3 is 5.97 Å². The number of hydrogen-bond acceptors (Lipinski definition) is 4. The van der Waals surface area contributed by atoms with Crippen molar-refractivity contribution in [3.05, 3.63) is 53.9 Å². The Labute approximate surface area is 115 Å². The van der Waals surface area contributed by atoms with Crippen molar-refractivity contribution < 1.29 is 19.0 Å². The molecule has 0 fully saturated rings. The highest BCUT2D eigenvalue weighted by atomic mass is 19.1. The molecule has 2 aromatic rings. The van der Waals surface area contributed by atoms with E-state index in [1.807, 2.05) is 6.07 Å². The molecule has 6 heteroatoms. The van der Waals surface area contributed by atoms with Crippen molar-refractivity contribution in [2.24, 2.45) is 0 Å². The molecule has 0 saturated heterocycles. The Kier molecular flexibility index (Phi) is 4.47. The van der Waals surface area contributed by atoms with Crippen molar-refractivity contribution in [1.82, 2.24) is 9.55 Å². The van der Waals surface area contributed by atoms with Crippen molar-refractivity contribution >= 4 is 5.97 Å². The fourth-order valence-corrected chi connectivity index (χ4v) is 1.99. The average molecular weight is 278 g/mol. The van der Waals surface area contributed by atoms with E-state index < -0.39 is 18.0 Å². The Morgan fingerprint density at radius 3 is 2.75 bits per heavy atom. The number of aliphatic hydroxyl groups is 1. The topological polar surface area (TPSA) is 64.3 Å². The highest BCUT2D eigenvalue weighted by molar-refractivity contribution is 5.87. The van der Waals surface area contributed by atoms with Gasteiger partial charge in [-0.2, -0.15) is 4.39 Å². The van der Waals surface area contributed by atoms with Crippen LogP contribution in [0.1, 0.15) is 29.0 Å². The average Bonchev–Trinajstić information content (AvgIpc) is 2.83. The van der Waals surface area contributed by atoms with E-state index >= 15 is 0 Å². The molecule has 0 aliphatic heterocycles. The Morgan fingerprint density at radius 2 is 2.15 bits per heavy atom. The zero-order valence-corrected chi connectivity index (χ0v) is 11.0. The smallest absolute Gasteiger partial charge is 0.359 e. The molecular formula is C14H15FN2O3. The van der Waals surface area contributed by atoms with Gasteiger partial charge in [-0.1, -0.05) is 30.3 Å². The van der Waals surface area contributed by atoms with E-state index in [0.29, 0.717) is 0 Å². The monoisotopic (exact) mass is 278 g/mol. The van der Waals surface area contributed by atoms with Crippen molar-refractivity contribution in [3.63, 3.8) is 0 Å². The summed E-state index contributed by atoms with van der Waals surface area (Å²) in [5, 5.41) is 9.56. The van der Waals surface area contributed by atoms with E-state index in [0.717, 1.165) is 5.56 Å². The van der Waals surface area contributed by atoms with Gasteiger partial charge < -0.3 is 14.4 Å². The molecule has 0 spiro atoms. The second kappa shape index (κ2) is 6.29. The van der Waals surface area contributed by atoms with Gasteiger partial charge in [-0.25, -0.2) is 9.78 Å². The van der Waals surface area contributed by atoms with E-state index in [1.54, 1.807) is 31.2 Å². The van der Waals surface area contributed by atoms with E-state index in [2.05, 4.69) is 4.98 Å². The molecule has 0 radical (unpaired) electrons. The van der Waals surface area contributed by atoms with Crippen LogP contribution in [-0.4, -0.2) is 33.8 Å². The number of esters is 1. The molecule has 2 rings (SSSR count). The molecule has 1 heterocycles. The molecule has 0 saturated carbocycles. The van der Waals surface area contributed by atoms with Crippen molar-refractivity contribution in [2.75, 3.05) is 13.2 Å². The summed E-state index contributed by atoms with van der Waals surface area (Å²) in [7, 11) is 0. The minimum absolute atomic E-state index is 0.137. The fourth-order valence-electron chi connectivity index (χ4n) is 1.99. The van der Waals surface area contributed by atoms with Gasteiger partial charge in [0.15, 0.2) is 5.69 Å². The third kappa shape index (κ3) is 2.70. The van der Waals surface area contributed by atoms with E-state index in [9.17, 15) is 14.3 Å². The first-order valence-corrected chi connectivity index (χ1v) is 6.24. The van der Waals surface area contributed by atoms with Crippen LogP contribution in [0.2, 0.25) is 0 Å². The van der Waals surface area contributed by atoms with Crippen LogP contribution >= 0.6 is 0 Å². The number of carbonyl (C=O) groups is 1. The molecule has 0 bridgehead atoms. The SMILES string of the molecule is CCOC(=O)c1c(F)ncn1C(CO)c1ccccc1. The zero-order valence-electron chi connectivity index (χ0n) is 11.0. The number of carbonyl (C=O) groups excluding carboxylic acids is 1. The summed E-state index contributed by atoms with van der Waals surface area (Å²) in [5.74, 6) is -1.70. The first-order chi connectivity index (χ1) is 9.69. The van der Waals surface area contributed by atoms with Gasteiger partial charge in [0.2, 0.25) is 5.95 Å². The minimum Gasteiger partial charge on any atom is -0.461 e. The molecule has 1 aromatic heterocycles. The van der Waals surface area contributed by atoms with Crippen LogP contribution in [-0.2, 0) is 4.74 Å². The molecular weight excluding hydrogens is 263 g/mol. The maximum absolute atomic E-state index is 13.7. The van der Waals surface area contributed by atoms with Crippen LogP contribution in [0.3, 0.4) is 0 Å². The lowest BCUT2D eigenvalue weighted by Crippen LogP contribution is -2.21. The number of imidazole rings is 1. The lowest BCUT2D eigenvalue weighted by molar-refractivity contribution is 0.0504. The Hall–Kier alpha value is -2.21. The number of rotatable bonds is 5. The number of hydrogen-bond donors (Lipinski definition) is 1. The summed E-state index contributed by atoms with van der Waals surface area (Å²) in [6.45, 7) is 1.49. The van der Waals surface area contributed by atoms with Gasteiger partial charge in [0.25, 0.3) is 0 Å². The molecule has 20 heavy (non-hydrogen) atoms. The van der Waals surface area contributed by atoms with Crippen LogP contribution in [0.15, 0.2) is 36.7 Å². The second-order valence-electron chi connectivity index (χ2n) is 4.12. The predicted octanol–water partition coefficient (Wildman–Crippen LogP) is 1.78. The molecule has 5 nitrogen and oxygen atoms in total. The molecule has 0 aliphatic rings. The van der Waals surface area contributed by atoms with Crippen molar-refractivity contribution in [1.29, 1.82) is 0 Å². The first kappa shape index (κ1) is 14.2. The number of benzene rings is 1. The zero-order chi connectivity index (χ0) is 14.5. The summed E-state index contributed by atoms with van der Waals surface area (Å²) in [6, 6.07) is 8.41. The van der Waals surface area contributed by atoms with Crippen molar-refractivity contribution in [3.8, 4) is 0 Å². The summed E-state index contributed by atoms with van der Waals surface area (Å²) in [6.07, 6.45) is 1.19. The Balaban J connectivity index is 2.43. The fraction of sp³-hybridized carbons (Fsp3) is 0.286. The quantitative estimate of drug-likeness (QED) is 0.847. The van der Waals surface area contributed by atoms with Gasteiger partial charge in [0.1, 0.15) is 0 Å². The van der Waals surface area contributed by atoms with E-state index in [1.165, 1.54) is 10.9 Å². The minimum atomic E-state index is -0.905. The van der Waals surface area contributed by atoms with Gasteiger partial charge in [-0.15, -0.1) is 0 Å². The molecule has 1 atom stereocenters. The van der Waals surface area contributed by atoms with Crippen LogP contribution < -0.4 is 0 Å². The number of aliphatic hydroxyl groups excluding tert-OH is 1. The summed E-state index contributed by atoms with van der Waals surface area (Å²) >= 11 is 0. The number of nitrogens with zero attached hydrogens (tertiary/aromatic N) is 2. The number of aromatic nitrogens is 2. The maximum Gasteiger partial charge on any atom is 0.359 e. The molecule has 0 amide bonds. The van der Waals surface area contributed by atoms with Crippen LogP contribution in [0, 0.1) is 5.95 Å². The molecule has 1 N–H and O–H groups in total. The third-order valence-electron chi connectivity index (χ3n) is 2.91. The van der Waals surface area contributed by atoms with E-state index in [4.69, 9.17) is 4.74 Å². The molecule has 106 valence electrons. The highest BCUT2D eigenvalue weighted by Gasteiger charge is 2.25. The van der Waals surface area contributed by atoms with Gasteiger partial charge in [-0.3, -0.25) is 0 Å². The van der Waals surface area contributed by atoms with Gasteiger partial charge in [-0.05, 0) is 12.5 Å². The third-order valence-corrected chi connectivity index (χ3v) is 2.91. The summed E-state index contributed by atoms with van der Waals surface area (Å²) in [5.41, 5.74) is 0.465. The maximum atomic E-state index is 13.7. The lowest BCUT2D eigenvalue weighted by atomic mass is 10.1. The van der Waals surface area contributed by atoms with Crippen LogP contribution in [0.25, 0.3) is 0 Å². The number of halogens is 1. The summed E-state index contributed by atoms with van der Waals surface area (Å²) < 4.78 is 19.8.